The van der Waals surface area contributed by atoms with E-state index in [1.54, 1.807) is 17.0 Å². The summed E-state index contributed by atoms with van der Waals surface area (Å²) in [6.45, 7) is 3.71. The van der Waals surface area contributed by atoms with Crippen molar-refractivity contribution in [1.29, 1.82) is 5.41 Å². The summed E-state index contributed by atoms with van der Waals surface area (Å²) >= 11 is 1.42. The molecule has 2 aromatic carbocycles. The Morgan fingerprint density at radius 2 is 1.86 bits per heavy atom. The molecule has 3 aromatic rings. The number of hydrogen-bond acceptors (Lipinski definition) is 5. The fourth-order valence-corrected chi connectivity index (χ4v) is 4.09. The van der Waals surface area contributed by atoms with Gasteiger partial charge in [-0.2, -0.15) is 0 Å². The first kappa shape index (κ1) is 18.9. The number of rotatable bonds is 4. The van der Waals surface area contributed by atoms with Gasteiger partial charge in [-0.3, -0.25) is 10.2 Å². The van der Waals surface area contributed by atoms with Crippen molar-refractivity contribution in [2.75, 3.05) is 16.8 Å². The van der Waals surface area contributed by atoms with Gasteiger partial charge in [0.1, 0.15) is 16.6 Å². The second-order valence-electron chi connectivity index (χ2n) is 6.89. The van der Waals surface area contributed by atoms with Crippen molar-refractivity contribution < 1.29 is 9.90 Å². The summed E-state index contributed by atoms with van der Waals surface area (Å²) in [6, 6.07) is 15.3. The van der Waals surface area contributed by atoms with Gasteiger partial charge in [-0.05, 0) is 31.2 Å². The summed E-state index contributed by atoms with van der Waals surface area (Å²) in [7, 11) is 0. The second kappa shape index (κ2) is 7.52. The molecule has 146 valence electrons. The zero-order valence-electron chi connectivity index (χ0n) is 16.1. The summed E-state index contributed by atoms with van der Waals surface area (Å²) in [5.74, 6) is 0.201. The van der Waals surface area contributed by atoms with E-state index in [1.165, 1.54) is 23.8 Å². The summed E-state index contributed by atoms with van der Waals surface area (Å²) in [4.78, 5) is 17.5. The summed E-state index contributed by atoms with van der Waals surface area (Å²) in [5.41, 5.74) is 4.93. The number of thiazole rings is 1. The van der Waals surface area contributed by atoms with E-state index in [-0.39, 0.29) is 24.0 Å². The SMILES string of the molecule is CC(=O)Nc1ccc(N2CC(O)=C(c3nc(-c4ccc(C)cc4)cs3)C2=N)cc1. The highest BCUT2D eigenvalue weighted by Crippen LogP contribution is 2.34. The summed E-state index contributed by atoms with van der Waals surface area (Å²) in [5, 5.41) is 24.4. The molecule has 1 aliphatic heterocycles. The van der Waals surface area contributed by atoms with Gasteiger partial charge in [0.2, 0.25) is 5.91 Å². The maximum Gasteiger partial charge on any atom is 0.221 e. The van der Waals surface area contributed by atoms with Crippen LogP contribution in [0.25, 0.3) is 16.8 Å². The van der Waals surface area contributed by atoms with Crippen molar-refractivity contribution in [3.05, 3.63) is 70.2 Å². The van der Waals surface area contributed by atoms with E-state index in [0.29, 0.717) is 16.3 Å². The lowest BCUT2D eigenvalue weighted by Gasteiger charge is -2.19. The average molecular weight is 404 g/mol. The van der Waals surface area contributed by atoms with Crippen LogP contribution in [-0.2, 0) is 4.79 Å². The van der Waals surface area contributed by atoms with Crippen molar-refractivity contribution in [2.45, 2.75) is 13.8 Å². The zero-order chi connectivity index (χ0) is 20.5. The Labute approximate surface area is 172 Å². The van der Waals surface area contributed by atoms with Crippen LogP contribution in [0.3, 0.4) is 0 Å². The van der Waals surface area contributed by atoms with Crippen molar-refractivity contribution in [3.8, 4) is 11.3 Å². The van der Waals surface area contributed by atoms with Crippen LogP contribution in [0.1, 0.15) is 17.5 Å². The predicted octanol–water partition coefficient (Wildman–Crippen LogP) is 4.84. The standard InChI is InChI=1S/C22H20N4O2S/c1-13-3-5-15(6-4-13)18-12-29-22(25-18)20-19(28)11-26(21(20)23)17-9-7-16(8-10-17)24-14(2)27/h3-10,12,23,28H,11H2,1-2H3,(H,24,27). The van der Waals surface area contributed by atoms with E-state index in [0.717, 1.165) is 16.9 Å². The molecular formula is C22H20N4O2S. The van der Waals surface area contributed by atoms with E-state index in [9.17, 15) is 9.90 Å². The number of aliphatic hydroxyl groups excluding tert-OH is 1. The second-order valence-corrected chi connectivity index (χ2v) is 7.75. The van der Waals surface area contributed by atoms with E-state index in [2.05, 4.69) is 10.3 Å². The minimum atomic E-state index is -0.138. The van der Waals surface area contributed by atoms with Crippen LogP contribution in [0.15, 0.2) is 59.7 Å². The molecule has 1 amide bonds. The highest BCUT2D eigenvalue weighted by molar-refractivity contribution is 7.11. The van der Waals surface area contributed by atoms with Gasteiger partial charge in [0.25, 0.3) is 0 Å². The van der Waals surface area contributed by atoms with E-state index in [4.69, 9.17) is 5.41 Å². The van der Waals surface area contributed by atoms with Crippen LogP contribution in [0.4, 0.5) is 11.4 Å². The number of hydrogen-bond donors (Lipinski definition) is 3. The number of amides is 1. The first-order chi connectivity index (χ1) is 13.9. The molecule has 4 rings (SSSR count). The van der Waals surface area contributed by atoms with Crippen LogP contribution < -0.4 is 10.2 Å². The van der Waals surface area contributed by atoms with Crippen LogP contribution >= 0.6 is 11.3 Å². The van der Waals surface area contributed by atoms with E-state index < -0.39 is 0 Å². The lowest BCUT2D eigenvalue weighted by molar-refractivity contribution is -0.114. The number of benzene rings is 2. The Hall–Kier alpha value is -3.45. The molecule has 0 saturated heterocycles. The van der Waals surface area contributed by atoms with Gasteiger partial charge in [0.05, 0.1) is 17.8 Å². The van der Waals surface area contributed by atoms with Crippen molar-refractivity contribution >= 4 is 40.0 Å². The Kier molecular flexibility index (Phi) is 4.90. The number of aliphatic hydroxyl groups is 1. The molecule has 2 heterocycles. The van der Waals surface area contributed by atoms with Crippen LogP contribution in [0.2, 0.25) is 0 Å². The molecule has 0 aliphatic carbocycles. The first-order valence-corrected chi connectivity index (χ1v) is 9.99. The average Bonchev–Trinajstić information content (AvgIpc) is 3.27. The third kappa shape index (κ3) is 3.77. The minimum Gasteiger partial charge on any atom is -0.510 e. The van der Waals surface area contributed by atoms with Crippen molar-refractivity contribution in [3.63, 3.8) is 0 Å². The number of carbonyl (C=O) groups is 1. The lowest BCUT2D eigenvalue weighted by atomic mass is 10.1. The molecule has 29 heavy (non-hydrogen) atoms. The fraction of sp³-hybridized carbons (Fsp3) is 0.136. The van der Waals surface area contributed by atoms with Crippen molar-refractivity contribution in [1.82, 2.24) is 4.98 Å². The van der Waals surface area contributed by atoms with Gasteiger partial charge in [-0.1, -0.05) is 29.8 Å². The van der Waals surface area contributed by atoms with Gasteiger partial charge in [0.15, 0.2) is 0 Å². The largest absolute Gasteiger partial charge is 0.510 e. The normalized spacial score (nSPS) is 13.9. The highest BCUT2D eigenvalue weighted by Gasteiger charge is 2.31. The smallest absolute Gasteiger partial charge is 0.221 e. The Morgan fingerprint density at radius 3 is 2.52 bits per heavy atom. The number of nitrogens with zero attached hydrogens (tertiary/aromatic N) is 2. The molecule has 0 unspecified atom stereocenters. The number of aromatic nitrogens is 1. The number of aryl methyl sites for hydroxylation is 1. The van der Waals surface area contributed by atoms with Gasteiger partial charge < -0.3 is 15.3 Å². The molecule has 3 N–H and O–H groups in total. The molecule has 1 aliphatic rings. The molecule has 0 fully saturated rings. The molecule has 0 spiro atoms. The fourth-order valence-electron chi connectivity index (χ4n) is 3.20. The van der Waals surface area contributed by atoms with Gasteiger partial charge >= 0.3 is 0 Å². The molecule has 7 heteroatoms. The lowest BCUT2D eigenvalue weighted by Crippen LogP contribution is -2.26. The van der Waals surface area contributed by atoms with E-state index >= 15 is 0 Å². The zero-order valence-corrected chi connectivity index (χ0v) is 16.9. The number of amidine groups is 1. The number of anilines is 2. The Balaban J connectivity index is 1.57. The first-order valence-electron chi connectivity index (χ1n) is 9.11. The highest BCUT2D eigenvalue weighted by atomic mass is 32.1. The van der Waals surface area contributed by atoms with Crippen molar-refractivity contribution in [2.24, 2.45) is 0 Å². The molecule has 0 atom stereocenters. The van der Waals surface area contributed by atoms with Crippen LogP contribution in [0, 0.1) is 12.3 Å². The molecule has 0 radical (unpaired) electrons. The van der Waals surface area contributed by atoms with Crippen LogP contribution in [-0.4, -0.2) is 28.4 Å². The maximum absolute atomic E-state index is 11.2. The third-order valence-corrected chi connectivity index (χ3v) is 5.53. The Morgan fingerprint density at radius 1 is 1.17 bits per heavy atom. The number of carbonyl (C=O) groups excluding carboxylic acids is 1. The van der Waals surface area contributed by atoms with Gasteiger partial charge in [-0.25, -0.2) is 4.98 Å². The predicted molar refractivity (Wildman–Crippen MR) is 118 cm³/mol. The molecule has 1 aromatic heterocycles. The molecular weight excluding hydrogens is 384 g/mol. The molecule has 0 saturated carbocycles. The quantitative estimate of drug-likeness (QED) is 0.580. The molecule has 0 bridgehead atoms. The third-order valence-electron chi connectivity index (χ3n) is 4.67. The number of nitrogens with one attached hydrogen (secondary N) is 2. The maximum atomic E-state index is 11.2. The summed E-state index contributed by atoms with van der Waals surface area (Å²) < 4.78 is 0. The topological polar surface area (TPSA) is 89.3 Å². The minimum absolute atomic E-state index is 0.130. The Bertz CT molecular complexity index is 1110. The van der Waals surface area contributed by atoms with Gasteiger partial charge in [-0.15, -0.1) is 11.3 Å². The van der Waals surface area contributed by atoms with Gasteiger partial charge in [0, 0.05) is 29.2 Å². The molecule has 6 nitrogen and oxygen atoms in total. The summed E-state index contributed by atoms with van der Waals surface area (Å²) in [6.07, 6.45) is 0. The van der Waals surface area contributed by atoms with E-state index in [1.807, 2.05) is 48.7 Å². The monoisotopic (exact) mass is 404 g/mol. The van der Waals surface area contributed by atoms with Crippen LogP contribution in [0.5, 0.6) is 0 Å².